The van der Waals surface area contributed by atoms with E-state index in [1.807, 2.05) is 0 Å². The summed E-state index contributed by atoms with van der Waals surface area (Å²) in [5, 5.41) is 0. The highest BCUT2D eigenvalue weighted by Gasteiger charge is 2.22. The zero-order valence-corrected chi connectivity index (χ0v) is 10.5. The zero-order chi connectivity index (χ0) is 12.3. The van der Waals surface area contributed by atoms with Gasteiger partial charge in [0.05, 0.1) is 0 Å². The van der Waals surface area contributed by atoms with Crippen LogP contribution in [0.15, 0.2) is 18.2 Å². The number of anilines is 1. The van der Waals surface area contributed by atoms with Crippen molar-refractivity contribution >= 4 is 5.69 Å². The first-order valence-corrected chi connectivity index (χ1v) is 6.45. The molecule has 94 valence electrons. The summed E-state index contributed by atoms with van der Waals surface area (Å²) in [5.41, 5.74) is 6.80. The number of nitrogens with two attached hydrogens (primary N) is 1. The summed E-state index contributed by atoms with van der Waals surface area (Å²) in [6.45, 7) is 5.14. The van der Waals surface area contributed by atoms with Crippen LogP contribution in [0.3, 0.4) is 0 Å². The third-order valence-electron chi connectivity index (χ3n) is 3.54. The van der Waals surface area contributed by atoms with Gasteiger partial charge in [0.1, 0.15) is 5.82 Å². The Balaban J connectivity index is 1.93. The van der Waals surface area contributed by atoms with Gasteiger partial charge in [-0.3, -0.25) is 4.90 Å². The number of nitrogens with zero attached hydrogens (tertiary/aromatic N) is 1. The maximum absolute atomic E-state index is 13.6. The minimum Gasteiger partial charge on any atom is -0.399 e. The maximum Gasteiger partial charge on any atom is 0.129 e. The summed E-state index contributed by atoms with van der Waals surface area (Å²) in [4.78, 5) is 2.34. The fraction of sp³-hybridized carbons (Fsp3) is 0.571. The highest BCUT2D eigenvalue weighted by Crippen LogP contribution is 2.23. The van der Waals surface area contributed by atoms with Crippen molar-refractivity contribution in [2.75, 3.05) is 18.8 Å². The van der Waals surface area contributed by atoms with Gasteiger partial charge in [0, 0.05) is 24.3 Å². The van der Waals surface area contributed by atoms with Crippen molar-refractivity contribution in [3.63, 3.8) is 0 Å². The van der Waals surface area contributed by atoms with E-state index in [9.17, 15) is 4.39 Å². The van der Waals surface area contributed by atoms with Crippen molar-refractivity contribution < 1.29 is 4.39 Å². The predicted molar refractivity (Wildman–Crippen MR) is 69.1 cm³/mol. The first-order valence-electron chi connectivity index (χ1n) is 6.45. The Bertz CT molecular complexity index is 378. The number of hydrogen-bond donors (Lipinski definition) is 1. The van der Waals surface area contributed by atoms with Crippen LogP contribution in [0.25, 0.3) is 0 Å². The third kappa shape index (κ3) is 3.19. The molecule has 1 aliphatic rings. The molecule has 2 nitrogen and oxygen atoms in total. The molecule has 3 heteroatoms. The van der Waals surface area contributed by atoms with Gasteiger partial charge in [-0.1, -0.05) is 19.4 Å². The summed E-state index contributed by atoms with van der Waals surface area (Å²) in [5.74, 6) is 0.626. The number of rotatable bonds is 4. The van der Waals surface area contributed by atoms with Crippen LogP contribution in [0.2, 0.25) is 0 Å². The fourth-order valence-corrected chi connectivity index (χ4v) is 2.63. The summed E-state index contributed by atoms with van der Waals surface area (Å²) >= 11 is 0. The molecule has 1 aliphatic heterocycles. The van der Waals surface area contributed by atoms with Crippen molar-refractivity contribution in [3.05, 3.63) is 29.6 Å². The first-order chi connectivity index (χ1) is 8.19. The van der Waals surface area contributed by atoms with Crippen molar-refractivity contribution in [1.29, 1.82) is 0 Å². The Morgan fingerprint density at radius 1 is 1.47 bits per heavy atom. The molecule has 1 aromatic rings. The summed E-state index contributed by atoms with van der Waals surface area (Å²) in [6, 6.07) is 4.99. The molecule has 0 aromatic heterocycles. The largest absolute Gasteiger partial charge is 0.399 e. The van der Waals surface area contributed by atoms with Crippen LogP contribution in [0.1, 0.15) is 31.7 Å². The molecule has 0 spiro atoms. The molecular formula is C14H21FN2. The van der Waals surface area contributed by atoms with Gasteiger partial charge in [0.25, 0.3) is 0 Å². The average Bonchev–Trinajstić information content (AvgIpc) is 2.71. The molecular weight excluding hydrogens is 215 g/mol. The quantitative estimate of drug-likeness (QED) is 0.814. The molecule has 1 aromatic carbocycles. The van der Waals surface area contributed by atoms with Gasteiger partial charge in [-0.2, -0.15) is 0 Å². The van der Waals surface area contributed by atoms with E-state index >= 15 is 0 Å². The second-order valence-corrected chi connectivity index (χ2v) is 5.03. The van der Waals surface area contributed by atoms with Gasteiger partial charge >= 0.3 is 0 Å². The highest BCUT2D eigenvalue weighted by atomic mass is 19.1. The van der Waals surface area contributed by atoms with E-state index in [-0.39, 0.29) is 5.82 Å². The monoisotopic (exact) mass is 236 g/mol. The number of nitrogen functional groups attached to an aromatic ring is 1. The van der Waals surface area contributed by atoms with Crippen LogP contribution in [0.5, 0.6) is 0 Å². The molecule has 0 saturated carbocycles. The summed E-state index contributed by atoms with van der Waals surface area (Å²) in [7, 11) is 0. The highest BCUT2D eigenvalue weighted by molar-refractivity contribution is 5.40. The average molecular weight is 236 g/mol. The molecule has 1 unspecified atom stereocenters. The molecule has 1 saturated heterocycles. The van der Waals surface area contributed by atoms with Crippen molar-refractivity contribution in [3.8, 4) is 0 Å². The number of likely N-dealkylation sites (tertiary alicyclic amines) is 1. The normalized spacial score (nSPS) is 20.9. The minimum absolute atomic E-state index is 0.177. The lowest BCUT2D eigenvalue weighted by molar-refractivity contribution is 0.308. The van der Waals surface area contributed by atoms with Gasteiger partial charge in [-0.05, 0) is 37.4 Å². The molecule has 2 N–H and O–H groups in total. The van der Waals surface area contributed by atoms with E-state index in [0.29, 0.717) is 12.2 Å². The molecule has 0 amide bonds. The predicted octanol–water partition coefficient (Wildman–Crippen LogP) is 3.03. The van der Waals surface area contributed by atoms with Crippen molar-refractivity contribution in [2.24, 2.45) is 5.92 Å². The van der Waals surface area contributed by atoms with Gasteiger partial charge in [-0.25, -0.2) is 4.39 Å². The Morgan fingerprint density at radius 3 is 3.00 bits per heavy atom. The topological polar surface area (TPSA) is 29.3 Å². The van der Waals surface area contributed by atoms with Gasteiger partial charge < -0.3 is 5.73 Å². The molecule has 17 heavy (non-hydrogen) atoms. The third-order valence-corrected chi connectivity index (χ3v) is 3.54. The van der Waals surface area contributed by atoms with Crippen molar-refractivity contribution in [1.82, 2.24) is 4.90 Å². The van der Waals surface area contributed by atoms with E-state index in [4.69, 9.17) is 5.73 Å². The molecule has 1 atom stereocenters. The molecule has 1 fully saturated rings. The van der Waals surface area contributed by atoms with Crippen molar-refractivity contribution in [2.45, 2.75) is 32.7 Å². The summed E-state index contributed by atoms with van der Waals surface area (Å²) < 4.78 is 13.6. The first kappa shape index (κ1) is 12.4. The standard InChI is InChI=1S/C14H21FN2/c1-2-3-11-6-7-17(9-11)10-12-4-5-13(16)8-14(12)15/h4-5,8,11H,2-3,6-7,9-10,16H2,1H3. The molecule has 0 radical (unpaired) electrons. The van der Waals surface area contributed by atoms with Gasteiger partial charge in [0.2, 0.25) is 0 Å². The lowest BCUT2D eigenvalue weighted by atomic mass is 10.0. The SMILES string of the molecule is CCCC1CCN(Cc2ccc(N)cc2F)C1. The van der Waals surface area contributed by atoms with Crippen LogP contribution >= 0.6 is 0 Å². The van der Waals surface area contributed by atoms with Crippen LogP contribution in [-0.4, -0.2) is 18.0 Å². The number of halogens is 1. The second kappa shape index (κ2) is 5.50. The molecule has 0 aliphatic carbocycles. The Hall–Kier alpha value is -1.09. The number of benzene rings is 1. The lowest BCUT2D eigenvalue weighted by Crippen LogP contribution is -2.20. The van der Waals surface area contributed by atoms with Gasteiger partial charge in [0.15, 0.2) is 0 Å². The second-order valence-electron chi connectivity index (χ2n) is 5.03. The zero-order valence-electron chi connectivity index (χ0n) is 10.5. The van der Waals surface area contributed by atoms with E-state index in [1.54, 1.807) is 12.1 Å². The van der Waals surface area contributed by atoms with Crippen LogP contribution < -0.4 is 5.73 Å². The van der Waals surface area contributed by atoms with Crippen LogP contribution in [0.4, 0.5) is 10.1 Å². The lowest BCUT2D eigenvalue weighted by Gasteiger charge is -2.16. The Labute approximate surface area is 103 Å². The number of hydrogen-bond acceptors (Lipinski definition) is 2. The van der Waals surface area contributed by atoms with E-state index in [1.165, 1.54) is 25.3 Å². The summed E-state index contributed by atoms with van der Waals surface area (Å²) in [6.07, 6.45) is 3.79. The molecule has 1 heterocycles. The van der Waals surface area contributed by atoms with E-state index < -0.39 is 0 Å². The minimum atomic E-state index is -0.177. The molecule has 0 bridgehead atoms. The maximum atomic E-state index is 13.6. The fourth-order valence-electron chi connectivity index (χ4n) is 2.63. The van der Waals surface area contributed by atoms with Gasteiger partial charge in [-0.15, -0.1) is 0 Å². The smallest absolute Gasteiger partial charge is 0.129 e. The molecule has 2 rings (SSSR count). The van der Waals surface area contributed by atoms with Crippen LogP contribution in [-0.2, 0) is 6.54 Å². The van der Waals surface area contributed by atoms with E-state index in [2.05, 4.69) is 11.8 Å². The van der Waals surface area contributed by atoms with Crippen LogP contribution in [0, 0.1) is 11.7 Å². The van der Waals surface area contributed by atoms with E-state index in [0.717, 1.165) is 24.6 Å². The Morgan fingerprint density at radius 2 is 2.29 bits per heavy atom. The Kier molecular flexibility index (Phi) is 4.00.